The first-order chi connectivity index (χ1) is 12.7. The summed E-state index contributed by atoms with van der Waals surface area (Å²) in [5.41, 5.74) is 0.709. The molecule has 0 unspecified atom stereocenters. The summed E-state index contributed by atoms with van der Waals surface area (Å²) < 4.78 is 3.25. The van der Waals surface area contributed by atoms with E-state index in [-0.39, 0.29) is 30.0 Å². The van der Waals surface area contributed by atoms with Crippen molar-refractivity contribution < 1.29 is 4.79 Å². The van der Waals surface area contributed by atoms with Gasteiger partial charge in [0, 0.05) is 23.7 Å². The summed E-state index contributed by atoms with van der Waals surface area (Å²) in [5, 5.41) is 8.09. The standard InChI is InChI=1S/C19H22ClN5O2/c1-12-22-17-15(11-21-25(17)19(2,3)4)18(27)24(12)9-8-16(26)23-14-7-5-6-13(20)10-14/h5-7,10-11H,8-9H2,1-4H3,(H,23,26). The number of hydrogen-bond acceptors (Lipinski definition) is 4. The maximum absolute atomic E-state index is 12.8. The lowest BCUT2D eigenvalue weighted by atomic mass is 10.1. The predicted octanol–water partition coefficient (Wildman–Crippen LogP) is 3.34. The Morgan fingerprint density at radius 2 is 2.04 bits per heavy atom. The molecule has 3 aromatic rings. The monoisotopic (exact) mass is 387 g/mol. The molecule has 1 N–H and O–H groups in total. The largest absolute Gasteiger partial charge is 0.326 e. The first-order valence-electron chi connectivity index (χ1n) is 8.68. The van der Waals surface area contributed by atoms with Gasteiger partial charge in [-0.05, 0) is 45.9 Å². The number of anilines is 1. The van der Waals surface area contributed by atoms with E-state index in [1.54, 1.807) is 35.9 Å². The zero-order chi connectivity index (χ0) is 19.8. The number of carbonyl (C=O) groups excluding carboxylic acids is 1. The van der Waals surface area contributed by atoms with E-state index in [1.807, 2.05) is 20.8 Å². The molecular formula is C19H22ClN5O2. The van der Waals surface area contributed by atoms with Gasteiger partial charge in [-0.2, -0.15) is 5.10 Å². The Bertz CT molecular complexity index is 1060. The van der Waals surface area contributed by atoms with E-state index in [1.165, 1.54) is 10.8 Å². The van der Waals surface area contributed by atoms with E-state index in [0.717, 1.165) is 0 Å². The number of hydrogen-bond donors (Lipinski definition) is 1. The minimum absolute atomic E-state index is 0.147. The summed E-state index contributed by atoms with van der Waals surface area (Å²) in [5.74, 6) is 0.350. The number of halogens is 1. The summed E-state index contributed by atoms with van der Waals surface area (Å²) in [6.45, 7) is 8.00. The SMILES string of the molecule is Cc1nc2c(cnn2C(C)(C)C)c(=O)n1CCC(=O)Nc1cccc(Cl)c1. The molecule has 27 heavy (non-hydrogen) atoms. The number of nitrogens with one attached hydrogen (secondary N) is 1. The molecule has 7 nitrogen and oxygen atoms in total. The minimum Gasteiger partial charge on any atom is -0.326 e. The molecular weight excluding hydrogens is 366 g/mol. The van der Waals surface area contributed by atoms with Crippen molar-refractivity contribution in [3.8, 4) is 0 Å². The highest BCUT2D eigenvalue weighted by molar-refractivity contribution is 6.30. The van der Waals surface area contributed by atoms with Gasteiger partial charge in [0.2, 0.25) is 5.91 Å². The van der Waals surface area contributed by atoms with Gasteiger partial charge >= 0.3 is 0 Å². The molecule has 2 aromatic heterocycles. The Morgan fingerprint density at radius 1 is 1.30 bits per heavy atom. The van der Waals surface area contributed by atoms with Gasteiger partial charge in [-0.25, -0.2) is 9.67 Å². The van der Waals surface area contributed by atoms with Crippen molar-refractivity contribution in [2.45, 2.75) is 46.2 Å². The van der Waals surface area contributed by atoms with Crippen LogP contribution in [-0.2, 0) is 16.9 Å². The van der Waals surface area contributed by atoms with Crippen LogP contribution in [0.5, 0.6) is 0 Å². The fraction of sp³-hybridized carbons (Fsp3) is 0.368. The quantitative estimate of drug-likeness (QED) is 0.744. The molecule has 0 aliphatic carbocycles. The number of rotatable bonds is 4. The molecule has 0 fully saturated rings. The average Bonchev–Trinajstić information content (AvgIpc) is 2.98. The van der Waals surface area contributed by atoms with Crippen molar-refractivity contribution in [2.24, 2.45) is 0 Å². The molecule has 0 aliphatic heterocycles. The number of benzene rings is 1. The molecule has 0 spiro atoms. The second-order valence-electron chi connectivity index (χ2n) is 7.39. The van der Waals surface area contributed by atoms with Crippen LogP contribution >= 0.6 is 11.6 Å². The number of fused-ring (bicyclic) bond motifs is 1. The van der Waals surface area contributed by atoms with Crippen molar-refractivity contribution in [3.63, 3.8) is 0 Å². The molecule has 142 valence electrons. The van der Waals surface area contributed by atoms with Crippen molar-refractivity contribution in [2.75, 3.05) is 5.32 Å². The molecule has 1 amide bonds. The van der Waals surface area contributed by atoms with E-state index in [9.17, 15) is 9.59 Å². The van der Waals surface area contributed by atoms with Crippen LogP contribution in [0.15, 0.2) is 35.3 Å². The summed E-state index contributed by atoms with van der Waals surface area (Å²) in [6, 6.07) is 6.93. The maximum Gasteiger partial charge on any atom is 0.264 e. The summed E-state index contributed by atoms with van der Waals surface area (Å²) in [4.78, 5) is 29.6. The number of carbonyl (C=O) groups is 1. The Kier molecular flexibility index (Phi) is 5.06. The second-order valence-corrected chi connectivity index (χ2v) is 7.83. The van der Waals surface area contributed by atoms with Gasteiger partial charge in [-0.1, -0.05) is 17.7 Å². The molecule has 0 saturated heterocycles. The first kappa shape index (κ1) is 19.1. The molecule has 0 radical (unpaired) electrons. The topological polar surface area (TPSA) is 81.8 Å². The van der Waals surface area contributed by atoms with Crippen LogP contribution < -0.4 is 10.9 Å². The van der Waals surface area contributed by atoms with E-state index >= 15 is 0 Å². The maximum atomic E-state index is 12.8. The molecule has 0 atom stereocenters. The van der Waals surface area contributed by atoms with E-state index in [2.05, 4.69) is 15.4 Å². The summed E-state index contributed by atoms with van der Waals surface area (Å²) in [6.07, 6.45) is 1.69. The second kappa shape index (κ2) is 7.15. The zero-order valence-corrected chi connectivity index (χ0v) is 16.5. The fourth-order valence-electron chi connectivity index (χ4n) is 2.86. The molecule has 0 saturated carbocycles. The third-order valence-electron chi connectivity index (χ3n) is 4.18. The van der Waals surface area contributed by atoms with Gasteiger partial charge in [0.05, 0.1) is 11.7 Å². The van der Waals surface area contributed by atoms with Gasteiger partial charge < -0.3 is 5.32 Å². The van der Waals surface area contributed by atoms with E-state index in [4.69, 9.17) is 11.6 Å². The Labute approximate surface area is 162 Å². The van der Waals surface area contributed by atoms with Gasteiger partial charge in [0.25, 0.3) is 5.56 Å². The number of aromatic nitrogens is 4. The van der Waals surface area contributed by atoms with Crippen LogP contribution in [-0.4, -0.2) is 25.2 Å². The van der Waals surface area contributed by atoms with Gasteiger partial charge in [0.15, 0.2) is 5.65 Å². The molecule has 3 rings (SSSR count). The van der Waals surface area contributed by atoms with Crippen LogP contribution in [0.25, 0.3) is 11.0 Å². The van der Waals surface area contributed by atoms with Crippen LogP contribution in [0.3, 0.4) is 0 Å². The zero-order valence-electron chi connectivity index (χ0n) is 15.8. The third-order valence-corrected chi connectivity index (χ3v) is 4.42. The van der Waals surface area contributed by atoms with Crippen LogP contribution in [0.4, 0.5) is 5.69 Å². The van der Waals surface area contributed by atoms with E-state index in [0.29, 0.717) is 27.6 Å². The normalized spacial score (nSPS) is 11.7. The number of nitrogens with zero attached hydrogens (tertiary/aromatic N) is 4. The highest BCUT2D eigenvalue weighted by Crippen LogP contribution is 2.19. The van der Waals surface area contributed by atoms with Crippen molar-refractivity contribution >= 4 is 34.2 Å². The van der Waals surface area contributed by atoms with Gasteiger partial charge in [0.1, 0.15) is 11.2 Å². The third kappa shape index (κ3) is 4.03. The summed E-state index contributed by atoms with van der Waals surface area (Å²) >= 11 is 5.92. The highest BCUT2D eigenvalue weighted by Gasteiger charge is 2.21. The van der Waals surface area contributed by atoms with Crippen LogP contribution in [0, 0.1) is 6.92 Å². The van der Waals surface area contributed by atoms with Crippen LogP contribution in [0.2, 0.25) is 5.02 Å². The minimum atomic E-state index is -0.281. The molecule has 8 heteroatoms. The number of aryl methyl sites for hydroxylation is 1. The molecule has 0 aliphatic rings. The van der Waals surface area contributed by atoms with Crippen molar-refractivity contribution in [1.29, 1.82) is 0 Å². The highest BCUT2D eigenvalue weighted by atomic mass is 35.5. The Morgan fingerprint density at radius 3 is 2.70 bits per heavy atom. The lowest BCUT2D eigenvalue weighted by Gasteiger charge is -2.20. The predicted molar refractivity (Wildman–Crippen MR) is 106 cm³/mol. The molecule has 0 bridgehead atoms. The lowest BCUT2D eigenvalue weighted by molar-refractivity contribution is -0.116. The first-order valence-corrected chi connectivity index (χ1v) is 9.05. The number of amides is 1. The lowest BCUT2D eigenvalue weighted by Crippen LogP contribution is -2.28. The van der Waals surface area contributed by atoms with Gasteiger partial charge in [-0.15, -0.1) is 0 Å². The Balaban J connectivity index is 1.81. The van der Waals surface area contributed by atoms with E-state index < -0.39 is 0 Å². The smallest absolute Gasteiger partial charge is 0.264 e. The Hall–Kier alpha value is -2.67. The fourth-order valence-corrected chi connectivity index (χ4v) is 3.05. The molecule has 2 heterocycles. The van der Waals surface area contributed by atoms with Crippen molar-refractivity contribution in [1.82, 2.24) is 19.3 Å². The van der Waals surface area contributed by atoms with Gasteiger partial charge in [-0.3, -0.25) is 14.2 Å². The van der Waals surface area contributed by atoms with Crippen LogP contribution in [0.1, 0.15) is 33.0 Å². The summed E-state index contributed by atoms with van der Waals surface area (Å²) in [7, 11) is 0. The molecule has 1 aromatic carbocycles. The average molecular weight is 388 g/mol. The van der Waals surface area contributed by atoms with Crippen molar-refractivity contribution in [3.05, 3.63) is 51.7 Å².